The predicted molar refractivity (Wildman–Crippen MR) is 216 cm³/mol. The molecule has 0 saturated carbocycles. The molecule has 1 aromatic heterocycles. The molecule has 1 spiro atoms. The first-order valence-corrected chi connectivity index (χ1v) is 18.6. The van der Waals surface area contributed by atoms with E-state index in [9.17, 15) is 0 Å². The summed E-state index contributed by atoms with van der Waals surface area (Å²) in [6.07, 6.45) is -0.424. The highest BCUT2D eigenvalue weighted by molar-refractivity contribution is 6.12. The Morgan fingerprint density at radius 2 is 1.17 bits per heavy atom. The summed E-state index contributed by atoms with van der Waals surface area (Å²) in [6.45, 7) is 4.83. The Hall–Kier alpha value is -6.23. The molecule has 8 aromatic rings. The number of fused-ring (bicyclic) bond motifs is 11. The van der Waals surface area contributed by atoms with E-state index in [1.807, 2.05) is 0 Å². The predicted octanol–water partition coefficient (Wildman–Crippen LogP) is 10.5. The highest BCUT2D eigenvalue weighted by atomic mass is 15.3. The first-order chi connectivity index (χ1) is 26.1. The van der Waals surface area contributed by atoms with Gasteiger partial charge in [-0.05, 0) is 56.6 Å². The van der Waals surface area contributed by atoms with Gasteiger partial charge < -0.3 is 9.88 Å². The smallest absolute Gasteiger partial charge is 0.131 e. The second-order valence-electron chi connectivity index (χ2n) is 15.2. The summed E-state index contributed by atoms with van der Waals surface area (Å²) >= 11 is 0. The average Bonchev–Trinajstić information content (AvgIpc) is 3.56. The number of para-hydroxylation sites is 3. The van der Waals surface area contributed by atoms with Crippen molar-refractivity contribution in [1.29, 1.82) is 0 Å². The molecule has 7 aromatic carbocycles. The number of hydrogen-bond donors (Lipinski definition) is 2. The van der Waals surface area contributed by atoms with Crippen LogP contribution in [0.5, 0.6) is 0 Å². The van der Waals surface area contributed by atoms with Crippen molar-refractivity contribution in [2.75, 3.05) is 0 Å². The number of benzene rings is 7. The third-order valence-electron chi connectivity index (χ3n) is 12.1. The second-order valence-corrected chi connectivity index (χ2v) is 15.2. The fourth-order valence-corrected chi connectivity index (χ4v) is 10.0. The number of aliphatic imine (C=N–C) groups is 1. The van der Waals surface area contributed by atoms with E-state index < -0.39 is 5.41 Å². The Kier molecular flexibility index (Phi) is 6.39. The van der Waals surface area contributed by atoms with Crippen LogP contribution in [-0.4, -0.2) is 10.4 Å². The van der Waals surface area contributed by atoms with Crippen LogP contribution in [0, 0.1) is 0 Å². The summed E-state index contributed by atoms with van der Waals surface area (Å²) in [5, 5.41) is 10.4. The van der Waals surface area contributed by atoms with Crippen molar-refractivity contribution in [3.63, 3.8) is 0 Å². The average molecular weight is 683 g/mol. The zero-order chi connectivity index (χ0) is 35.3. The Morgan fingerprint density at radius 1 is 0.547 bits per heavy atom. The monoisotopic (exact) mass is 682 g/mol. The summed E-state index contributed by atoms with van der Waals surface area (Å²) in [4.78, 5) is 5.26. The maximum absolute atomic E-state index is 5.26. The van der Waals surface area contributed by atoms with Crippen molar-refractivity contribution in [2.45, 2.75) is 37.0 Å². The SMILES string of the molecule is CC1(C)c2ccccc2C2(c3ccccc3-n3c4ccccc4c4cccc2c43)c2cccc(C3NC(c4ccccc4)=NC(c4ccccc4)N3)c21. The fourth-order valence-electron chi connectivity index (χ4n) is 10.0. The van der Waals surface area contributed by atoms with Crippen LogP contribution in [0.1, 0.15) is 76.3 Å². The molecule has 3 heterocycles. The second kappa shape index (κ2) is 11.1. The van der Waals surface area contributed by atoms with Gasteiger partial charge in [-0.3, -0.25) is 5.32 Å². The van der Waals surface area contributed by atoms with Crippen molar-refractivity contribution in [3.05, 3.63) is 220 Å². The Morgan fingerprint density at radius 3 is 2.00 bits per heavy atom. The topological polar surface area (TPSA) is 41.4 Å². The number of nitrogens with one attached hydrogen (secondary N) is 2. The maximum Gasteiger partial charge on any atom is 0.131 e. The largest absolute Gasteiger partial charge is 0.350 e. The maximum atomic E-state index is 5.26. The Balaban J connectivity index is 1.23. The van der Waals surface area contributed by atoms with Gasteiger partial charge in [-0.25, -0.2) is 4.99 Å². The molecule has 0 radical (unpaired) electrons. The summed E-state index contributed by atoms with van der Waals surface area (Å²) < 4.78 is 2.52. The first-order valence-electron chi connectivity index (χ1n) is 18.6. The molecule has 3 unspecified atom stereocenters. The molecule has 4 heteroatoms. The molecule has 53 heavy (non-hydrogen) atoms. The fraction of sp³-hybridized carbons (Fsp3) is 0.122. The van der Waals surface area contributed by atoms with Crippen molar-refractivity contribution < 1.29 is 0 Å². The normalized spacial score (nSPS) is 20.7. The molecule has 0 saturated heterocycles. The zero-order valence-corrected chi connectivity index (χ0v) is 29.7. The van der Waals surface area contributed by atoms with Crippen molar-refractivity contribution in [1.82, 2.24) is 15.2 Å². The van der Waals surface area contributed by atoms with E-state index in [0.717, 1.165) is 17.0 Å². The quantitative estimate of drug-likeness (QED) is 0.195. The molecular formula is C49H38N4. The van der Waals surface area contributed by atoms with Crippen LogP contribution in [0.15, 0.2) is 175 Å². The van der Waals surface area contributed by atoms with Crippen LogP contribution < -0.4 is 10.6 Å². The summed E-state index contributed by atoms with van der Waals surface area (Å²) in [6, 6.07) is 62.3. The molecule has 4 nitrogen and oxygen atoms in total. The van der Waals surface area contributed by atoms with E-state index >= 15 is 0 Å². The van der Waals surface area contributed by atoms with Crippen LogP contribution >= 0.6 is 0 Å². The van der Waals surface area contributed by atoms with E-state index in [1.54, 1.807) is 0 Å². The number of rotatable bonds is 3. The Bertz CT molecular complexity index is 2780. The molecule has 0 bridgehead atoms. The molecule has 3 aliphatic rings. The van der Waals surface area contributed by atoms with Crippen LogP contribution in [0.4, 0.5) is 0 Å². The third kappa shape index (κ3) is 4.07. The minimum absolute atomic E-state index is 0.203. The molecule has 2 aliphatic heterocycles. The molecular weight excluding hydrogens is 645 g/mol. The van der Waals surface area contributed by atoms with Gasteiger partial charge in [-0.1, -0.05) is 172 Å². The van der Waals surface area contributed by atoms with E-state index in [-0.39, 0.29) is 17.7 Å². The molecule has 2 N–H and O–H groups in total. The minimum Gasteiger partial charge on any atom is -0.350 e. The van der Waals surface area contributed by atoms with Crippen LogP contribution in [0.3, 0.4) is 0 Å². The highest BCUT2D eigenvalue weighted by Gasteiger charge is 2.53. The van der Waals surface area contributed by atoms with Crippen LogP contribution in [0.25, 0.3) is 27.5 Å². The number of amidine groups is 1. The van der Waals surface area contributed by atoms with E-state index in [1.165, 1.54) is 66.4 Å². The van der Waals surface area contributed by atoms with Gasteiger partial charge >= 0.3 is 0 Å². The summed E-state index contributed by atoms with van der Waals surface area (Å²) in [5.74, 6) is 0.891. The van der Waals surface area contributed by atoms with Crippen LogP contribution in [-0.2, 0) is 10.8 Å². The third-order valence-corrected chi connectivity index (χ3v) is 12.1. The van der Waals surface area contributed by atoms with Crippen molar-refractivity contribution in [2.24, 2.45) is 4.99 Å². The lowest BCUT2D eigenvalue weighted by atomic mass is 9.52. The van der Waals surface area contributed by atoms with Gasteiger partial charge in [0, 0.05) is 21.8 Å². The van der Waals surface area contributed by atoms with Gasteiger partial charge in [-0.15, -0.1) is 0 Å². The molecule has 3 atom stereocenters. The van der Waals surface area contributed by atoms with E-state index in [4.69, 9.17) is 4.99 Å². The van der Waals surface area contributed by atoms with Gasteiger partial charge in [0.05, 0.1) is 22.1 Å². The number of aromatic nitrogens is 1. The number of nitrogens with zero attached hydrogens (tertiary/aromatic N) is 2. The van der Waals surface area contributed by atoms with Crippen LogP contribution in [0.2, 0.25) is 0 Å². The molecule has 0 amide bonds. The minimum atomic E-state index is -0.554. The van der Waals surface area contributed by atoms with Gasteiger partial charge in [0.25, 0.3) is 0 Å². The molecule has 1 aliphatic carbocycles. The molecule has 0 fully saturated rings. The number of hydrogen-bond acceptors (Lipinski definition) is 3. The lowest BCUT2D eigenvalue weighted by Gasteiger charge is -2.51. The van der Waals surface area contributed by atoms with E-state index in [0.29, 0.717) is 0 Å². The van der Waals surface area contributed by atoms with Gasteiger partial charge in [0.15, 0.2) is 0 Å². The Labute approximate surface area is 309 Å². The molecule has 11 rings (SSSR count). The summed E-state index contributed by atoms with van der Waals surface area (Å²) in [7, 11) is 0. The highest BCUT2D eigenvalue weighted by Crippen LogP contribution is 2.61. The van der Waals surface area contributed by atoms with Crippen molar-refractivity contribution >= 4 is 27.6 Å². The summed E-state index contributed by atoms with van der Waals surface area (Å²) in [5.41, 5.74) is 14.4. The van der Waals surface area contributed by atoms with Crippen molar-refractivity contribution in [3.8, 4) is 5.69 Å². The molecule has 254 valence electrons. The van der Waals surface area contributed by atoms with E-state index in [2.05, 4.69) is 199 Å². The zero-order valence-electron chi connectivity index (χ0n) is 29.7. The first kappa shape index (κ1) is 30.4. The standard InChI is InChI=1S/C49H38N4/c1-48(2)36-24-10-11-25-37(36)49(38-26-12-14-30-42(38)53-41-29-13-9-21-33(41)34-22-15-28-40(49)44(34)53)39-27-16-23-35(43(39)48)47-51-45(31-17-5-3-6-18-31)50-46(52-47)32-19-7-4-8-20-32/h3-30,45,47,51H,1-2H3,(H,50,52). The van der Waals surface area contributed by atoms with Gasteiger partial charge in [0.2, 0.25) is 0 Å². The lowest BCUT2D eigenvalue weighted by molar-refractivity contribution is 0.400. The lowest BCUT2D eigenvalue weighted by Crippen LogP contribution is -2.48. The van der Waals surface area contributed by atoms with Gasteiger partial charge in [0.1, 0.15) is 18.2 Å². The van der Waals surface area contributed by atoms with Gasteiger partial charge in [-0.2, -0.15) is 0 Å².